The van der Waals surface area contributed by atoms with Gasteiger partial charge in [0.25, 0.3) is 0 Å². The van der Waals surface area contributed by atoms with E-state index in [0.717, 1.165) is 11.3 Å². The van der Waals surface area contributed by atoms with Gasteiger partial charge in [-0.25, -0.2) is 0 Å². The van der Waals surface area contributed by atoms with Gasteiger partial charge in [-0.3, -0.25) is 4.79 Å². The van der Waals surface area contributed by atoms with Crippen molar-refractivity contribution in [2.24, 2.45) is 0 Å². The molecular weight excluding hydrogens is 266 g/mol. The standard InChI is InChI=1S/C14H18ClNO3/c1-18-12-4-2-11(3-5-12)8-14(17)16-6-7-19-13(9-15)10-16/h2-5,13H,6-10H2,1H3. The summed E-state index contributed by atoms with van der Waals surface area (Å²) in [6.45, 7) is 1.78. The molecular formula is C14H18ClNO3. The van der Waals surface area contributed by atoms with Crippen LogP contribution in [0.4, 0.5) is 0 Å². The van der Waals surface area contributed by atoms with Crippen LogP contribution in [0.3, 0.4) is 0 Å². The fourth-order valence-corrected chi connectivity index (χ4v) is 2.26. The van der Waals surface area contributed by atoms with Crippen molar-refractivity contribution in [3.63, 3.8) is 0 Å². The summed E-state index contributed by atoms with van der Waals surface area (Å²) >= 11 is 5.77. The van der Waals surface area contributed by atoms with E-state index in [4.69, 9.17) is 21.1 Å². The second kappa shape index (κ2) is 6.78. The third-order valence-corrected chi connectivity index (χ3v) is 3.52. The molecule has 0 aromatic heterocycles. The molecule has 1 unspecified atom stereocenters. The minimum atomic E-state index is -0.0461. The number of nitrogens with zero attached hydrogens (tertiary/aromatic N) is 1. The molecule has 1 heterocycles. The molecule has 0 bridgehead atoms. The maximum atomic E-state index is 12.2. The van der Waals surface area contributed by atoms with Gasteiger partial charge in [-0.2, -0.15) is 0 Å². The van der Waals surface area contributed by atoms with E-state index in [0.29, 0.717) is 32.0 Å². The first-order valence-corrected chi connectivity index (χ1v) is 6.84. The highest BCUT2D eigenvalue weighted by atomic mass is 35.5. The molecule has 1 atom stereocenters. The Bertz CT molecular complexity index is 421. The van der Waals surface area contributed by atoms with Gasteiger partial charge < -0.3 is 14.4 Å². The lowest BCUT2D eigenvalue weighted by Gasteiger charge is -2.32. The SMILES string of the molecule is COc1ccc(CC(=O)N2CCOC(CCl)C2)cc1. The van der Waals surface area contributed by atoms with E-state index in [1.807, 2.05) is 29.2 Å². The number of alkyl halides is 1. The number of hydrogen-bond donors (Lipinski definition) is 0. The number of benzene rings is 1. The Morgan fingerprint density at radius 2 is 2.21 bits per heavy atom. The molecule has 1 saturated heterocycles. The number of carbonyl (C=O) groups excluding carboxylic acids is 1. The molecule has 0 N–H and O–H groups in total. The normalized spacial score (nSPS) is 19.3. The lowest BCUT2D eigenvalue weighted by atomic mass is 10.1. The van der Waals surface area contributed by atoms with E-state index in [2.05, 4.69) is 0 Å². The highest BCUT2D eigenvalue weighted by molar-refractivity contribution is 6.18. The van der Waals surface area contributed by atoms with Crippen LogP contribution >= 0.6 is 11.6 Å². The van der Waals surface area contributed by atoms with Crippen molar-refractivity contribution >= 4 is 17.5 Å². The number of amides is 1. The maximum Gasteiger partial charge on any atom is 0.227 e. The molecule has 1 aromatic carbocycles. The van der Waals surface area contributed by atoms with E-state index < -0.39 is 0 Å². The lowest BCUT2D eigenvalue weighted by molar-refractivity contribution is -0.137. The van der Waals surface area contributed by atoms with Gasteiger partial charge in [-0.05, 0) is 17.7 Å². The van der Waals surface area contributed by atoms with Crippen molar-refractivity contribution in [3.05, 3.63) is 29.8 Å². The Morgan fingerprint density at radius 1 is 1.47 bits per heavy atom. The van der Waals surface area contributed by atoms with Gasteiger partial charge in [0.05, 0.1) is 32.1 Å². The van der Waals surface area contributed by atoms with Crippen LogP contribution in [-0.4, -0.2) is 49.6 Å². The Kier molecular flexibility index (Phi) is 5.05. The van der Waals surface area contributed by atoms with Crippen LogP contribution < -0.4 is 4.74 Å². The van der Waals surface area contributed by atoms with Crippen molar-refractivity contribution in [1.82, 2.24) is 4.90 Å². The maximum absolute atomic E-state index is 12.2. The highest BCUT2D eigenvalue weighted by Gasteiger charge is 2.23. The first-order valence-electron chi connectivity index (χ1n) is 6.31. The Morgan fingerprint density at radius 3 is 2.84 bits per heavy atom. The number of carbonyl (C=O) groups is 1. The number of rotatable bonds is 4. The van der Waals surface area contributed by atoms with E-state index in [1.165, 1.54) is 0 Å². The van der Waals surface area contributed by atoms with Gasteiger partial charge in [-0.1, -0.05) is 12.1 Å². The monoisotopic (exact) mass is 283 g/mol. The first kappa shape index (κ1) is 14.2. The predicted octanol–water partition coefficient (Wildman–Crippen LogP) is 1.70. The van der Waals surface area contributed by atoms with Crippen LogP contribution in [0, 0.1) is 0 Å². The van der Waals surface area contributed by atoms with Crippen LogP contribution in [0.1, 0.15) is 5.56 Å². The lowest BCUT2D eigenvalue weighted by Crippen LogP contribution is -2.46. The van der Waals surface area contributed by atoms with Crippen LogP contribution in [0.15, 0.2) is 24.3 Å². The molecule has 0 saturated carbocycles. The topological polar surface area (TPSA) is 38.8 Å². The molecule has 1 amide bonds. The molecule has 1 fully saturated rings. The Labute approximate surface area is 118 Å². The molecule has 5 heteroatoms. The minimum Gasteiger partial charge on any atom is -0.497 e. The van der Waals surface area contributed by atoms with Gasteiger partial charge in [-0.15, -0.1) is 11.6 Å². The third kappa shape index (κ3) is 3.85. The van der Waals surface area contributed by atoms with Crippen molar-refractivity contribution in [3.8, 4) is 5.75 Å². The second-order valence-corrected chi connectivity index (χ2v) is 4.82. The number of ether oxygens (including phenoxy) is 2. The average Bonchev–Trinajstić information content (AvgIpc) is 2.48. The fourth-order valence-electron chi connectivity index (χ4n) is 2.07. The van der Waals surface area contributed by atoms with E-state index in [-0.39, 0.29) is 12.0 Å². The minimum absolute atomic E-state index is 0.0461. The molecule has 19 heavy (non-hydrogen) atoms. The predicted molar refractivity (Wildman–Crippen MR) is 73.7 cm³/mol. The summed E-state index contributed by atoms with van der Waals surface area (Å²) in [6, 6.07) is 7.55. The van der Waals surface area contributed by atoms with E-state index >= 15 is 0 Å². The molecule has 1 aliphatic rings. The molecule has 0 radical (unpaired) electrons. The Balaban J connectivity index is 1.92. The molecule has 0 aliphatic carbocycles. The van der Waals surface area contributed by atoms with E-state index in [9.17, 15) is 4.79 Å². The van der Waals surface area contributed by atoms with Crippen molar-refractivity contribution in [2.45, 2.75) is 12.5 Å². The summed E-state index contributed by atoms with van der Waals surface area (Å²) in [6.07, 6.45) is 0.356. The zero-order chi connectivity index (χ0) is 13.7. The first-order chi connectivity index (χ1) is 9.22. The second-order valence-electron chi connectivity index (χ2n) is 4.51. The zero-order valence-corrected chi connectivity index (χ0v) is 11.7. The van der Waals surface area contributed by atoms with Gasteiger partial charge in [0.15, 0.2) is 0 Å². The summed E-state index contributed by atoms with van der Waals surface area (Å²) < 4.78 is 10.5. The molecule has 4 nitrogen and oxygen atoms in total. The Hall–Kier alpha value is -1.26. The largest absolute Gasteiger partial charge is 0.497 e. The van der Waals surface area contributed by atoms with Gasteiger partial charge in [0.1, 0.15) is 5.75 Å². The summed E-state index contributed by atoms with van der Waals surface area (Å²) in [5.41, 5.74) is 0.986. The number of methoxy groups -OCH3 is 1. The fraction of sp³-hybridized carbons (Fsp3) is 0.500. The van der Waals surface area contributed by atoms with Crippen LogP contribution in [0.5, 0.6) is 5.75 Å². The zero-order valence-electron chi connectivity index (χ0n) is 11.0. The van der Waals surface area contributed by atoms with Gasteiger partial charge >= 0.3 is 0 Å². The van der Waals surface area contributed by atoms with Crippen LogP contribution in [0.2, 0.25) is 0 Å². The summed E-state index contributed by atoms with van der Waals surface area (Å²) in [5.74, 6) is 1.33. The molecule has 104 valence electrons. The summed E-state index contributed by atoms with van der Waals surface area (Å²) in [7, 11) is 1.63. The number of halogens is 1. The van der Waals surface area contributed by atoms with Crippen molar-refractivity contribution in [1.29, 1.82) is 0 Å². The van der Waals surface area contributed by atoms with Gasteiger partial charge in [0, 0.05) is 13.1 Å². The van der Waals surface area contributed by atoms with Crippen LogP contribution in [0.25, 0.3) is 0 Å². The quantitative estimate of drug-likeness (QED) is 0.790. The van der Waals surface area contributed by atoms with Gasteiger partial charge in [0.2, 0.25) is 5.91 Å². The molecule has 0 spiro atoms. The molecule has 1 aliphatic heterocycles. The molecule has 1 aromatic rings. The summed E-state index contributed by atoms with van der Waals surface area (Å²) in [4.78, 5) is 14.0. The smallest absolute Gasteiger partial charge is 0.227 e. The van der Waals surface area contributed by atoms with E-state index in [1.54, 1.807) is 7.11 Å². The highest BCUT2D eigenvalue weighted by Crippen LogP contribution is 2.14. The number of hydrogen-bond acceptors (Lipinski definition) is 3. The van der Waals surface area contributed by atoms with Crippen molar-refractivity contribution in [2.75, 3.05) is 32.7 Å². The van der Waals surface area contributed by atoms with Crippen molar-refractivity contribution < 1.29 is 14.3 Å². The number of morpholine rings is 1. The molecule has 2 rings (SSSR count). The third-order valence-electron chi connectivity index (χ3n) is 3.18. The summed E-state index contributed by atoms with van der Waals surface area (Å²) in [5, 5.41) is 0. The average molecular weight is 284 g/mol. The van der Waals surface area contributed by atoms with Crippen LogP contribution in [-0.2, 0) is 16.0 Å².